The summed E-state index contributed by atoms with van der Waals surface area (Å²) in [6.07, 6.45) is 4.07. The van der Waals surface area contributed by atoms with Gasteiger partial charge < -0.3 is 14.8 Å². The number of carbonyl (C=O) groups is 2. The summed E-state index contributed by atoms with van der Waals surface area (Å²) in [5.41, 5.74) is 5.37. The minimum Gasteiger partial charge on any atom is -0.331 e. The highest BCUT2D eigenvalue weighted by Gasteiger charge is 2.27. The van der Waals surface area contributed by atoms with Crippen LogP contribution in [0.3, 0.4) is 0 Å². The third kappa shape index (κ3) is 4.44. The molecule has 6 heteroatoms. The zero-order valence-electron chi connectivity index (χ0n) is 19.0. The number of hydrogen-bond donors (Lipinski definition) is 1. The highest BCUT2D eigenvalue weighted by atomic mass is 16.2. The lowest BCUT2D eigenvalue weighted by Crippen LogP contribution is -2.35. The average Bonchev–Trinajstić information content (AvgIpc) is 2.97. The predicted molar refractivity (Wildman–Crippen MR) is 127 cm³/mol. The van der Waals surface area contributed by atoms with Crippen molar-refractivity contribution in [3.63, 3.8) is 0 Å². The van der Waals surface area contributed by atoms with Gasteiger partial charge in [0.2, 0.25) is 5.91 Å². The molecule has 6 nitrogen and oxygen atoms in total. The van der Waals surface area contributed by atoms with E-state index in [1.165, 1.54) is 4.90 Å². The van der Waals surface area contributed by atoms with Crippen molar-refractivity contribution >= 4 is 17.5 Å². The molecule has 2 aromatic carbocycles. The van der Waals surface area contributed by atoms with Crippen LogP contribution in [-0.2, 0) is 17.8 Å². The Morgan fingerprint density at radius 3 is 2.59 bits per heavy atom. The monoisotopic (exact) mass is 430 g/mol. The van der Waals surface area contributed by atoms with E-state index >= 15 is 0 Å². The number of nitrogens with zero attached hydrogens (tertiary/aromatic N) is 3. The van der Waals surface area contributed by atoms with Crippen LogP contribution in [0.1, 0.15) is 46.6 Å². The summed E-state index contributed by atoms with van der Waals surface area (Å²) in [5.74, 6) is 0.399. The Hall–Kier alpha value is -3.41. The zero-order chi connectivity index (χ0) is 22.7. The van der Waals surface area contributed by atoms with E-state index in [-0.39, 0.29) is 18.4 Å². The van der Waals surface area contributed by atoms with Crippen molar-refractivity contribution in [2.45, 2.75) is 46.1 Å². The maximum absolute atomic E-state index is 13.4. The van der Waals surface area contributed by atoms with Crippen LogP contribution in [0.15, 0.2) is 48.5 Å². The van der Waals surface area contributed by atoms with E-state index < -0.39 is 0 Å². The van der Waals surface area contributed by atoms with Gasteiger partial charge in [0, 0.05) is 24.8 Å². The van der Waals surface area contributed by atoms with Gasteiger partial charge in [0.1, 0.15) is 11.5 Å². The Bertz CT molecular complexity index is 1130. The quantitative estimate of drug-likeness (QED) is 0.643. The first-order valence-electron chi connectivity index (χ1n) is 11.2. The first-order chi connectivity index (χ1) is 15.5. The van der Waals surface area contributed by atoms with E-state index in [1.54, 1.807) is 7.05 Å². The SMILES string of the molecule is Cc1cccc(NC(=O)CN(C)C(=O)c2nc(-c3ccccc3)n3c2CCCCC3)c1C. The number of imidazole rings is 1. The van der Waals surface area contributed by atoms with Gasteiger partial charge in [-0.1, -0.05) is 48.9 Å². The van der Waals surface area contributed by atoms with Crippen molar-refractivity contribution in [1.82, 2.24) is 14.5 Å². The van der Waals surface area contributed by atoms with Crippen molar-refractivity contribution in [3.05, 3.63) is 71.0 Å². The minimum atomic E-state index is -0.219. The average molecular weight is 431 g/mol. The smallest absolute Gasteiger partial charge is 0.274 e. The van der Waals surface area contributed by atoms with Gasteiger partial charge >= 0.3 is 0 Å². The molecule has 32 heavy (non-hydrogen) atoms. The summed E-state index contributed by atoms with van der Waals surface area (Å²) in [6.45, 7) is 4.82. The van der Waals surface area contributed by atoms with E-state index in [2.05, 4.69) is 9.88 Å². The summed E-state index contributed by atoms with van der Waals surface area (Å²) >= 11 is 0. The molecular formula is C26H30N4O2. The lowest BCUT2D eigenvalue weighted by Gasteiger charge is -2.17. The number of aromatic nitrogens is 2. The Kier molecular flexibility index (Phi) is 6.40. The molecule has 0 aliphatic carbocycles. The van der Waals surface area contributed by atoms with Crippen LogP contribution < -0.4 is 5.32 Å². The summed E-state index contributed by atoms with van der Waals surface area (Å²) in [5, 5.41) is 2.93. The largest absolute Gasteiger partial charge is 0.331 e. The molecule has 4 rings (SSSR count). The minimum absolute atomic E-state index is 0.0286. The number of aryl methyl sites for hydroxylation is 1. The fourth-order valence-electron chi connectivity index (χ4n) is 4.24. The van der Waals surface area contributed by atoms with E-state index in [4.69, 9.17) is 4.98 Å². The van der Waals surface area contributed by atoms with Crippen LogP contribution in [0.25, 0.3) is 11.4 Å². The number of amides is 2. The molecule has 1 aliphatic rings. The molecule has 0 unspecified atom stereocenters. The molecule has 0 saturated carbocycles. The van der Waals surface area contributed by atoms with E-state index in [0.717, 1.165) is 66.1 Å². The lowest BCUT2D eigenvalue weighted by atomic mass is 10.1. The lowest BCUT2D eigenvalue weighted by molar-refractivity contribution is -0.116. The molecule has 1 aromatic heterocycles. The van der Waals surface area contributed by atoms with Gasteiger partial charge in [-0.15, -0.1) is 0 Å². The van der Waals surface area contributed by atoms with Gasteiger partial charge in [-0.05, 0) is 50.3 Å². The van der Waals surface area contributed by atoms with Crippen molar-refractivity contribution in [2.24, 2.45) is 0 Å². The maximum Gasteiger partial charge on any atom is 0.274 e. The number of hydrogen-bond acceptors (Lipinski definition) is 3. The molecule has 0 bridgehead atoms. The van der Waals surface area contributed by atoms with Crippen LogP contribution in [0.5, 0.6) is 0 Å². The van der Waals surface area contributed by atoms with E-state index in [1.807, 2.05) is 62.4 Å². The summed E-state index contributed by atoms with van der Waals surface area (Å²) in [7, 11) is 1.66. The van der Waals surface area contributed by atoms with Crippen molar-refractivity contribution in [3.8, 4) is 11.4 Å². The zero-order valence-corrected chi connectivity index (χ0v) is 19.0. The standard InChI is InChI=1S/C26H30N4O2/c1-18-11-10-14-21(19(18)2)27-23(31)17-29(3)26(32)24-22-15-8-5-9-16-30(22)25(28-24)20-12-6-4-7-13-20/h4,6-7,10-14H,5,8-9,15-17H2,1-3H3,(H,27,31). The maximum atomic E-state index is 13.4. The normalized spacial score (nSPS) is 13.2. The van der Waals surface area contributed by atoms with Gasteiger partial charge in [-0.2, -0.15) is 0 Å². The number of rotatable bonds is 5. The number of benzene rings is 2. The fourth-order valence-corrected chi connectivity index (χ4v) is 4.24. The molecule has 166 valence electrons. The van der Waals surface area contributed by atoms with Crippen LogP contribution >= 0.6 is 0 Å². The summed E-state index contributed by atoms with van der Waals surface area (Å²) < 4.78 is 2.19. The van der Waals surface area contributed by atoms with Crippen molar-refractivity contribution in [1.29, 1.82) is 0 Å². The molecule has 1 N–H and O–H groups in total. The molecule has 0 saturated heterocycles. The van der Waals surface area contributed by atoms with Gasteiger partial charge in [-0.25, -0.2) is 4.98 Å². The summed E-state index contributed by atoms with van der Waals surface area (Å²) in [4.78, 5) is 32.3. The molecule has 1 aliphatic heterocycles. The molecule has 0 radical (unpaired) electrons. The Labute approximate surface area is 189 Å². The highest BCUT2D eigenvalue weighted by molar-refractivity contribution is 5.99. The molecule has 3 aromatic rings. The second kappa shape index (κ2) is 9.39. The fraction of sp³-hybridized carbons (Fsp3) is 0.346. The molecule has 0 fully saturated rings. The van der Waals surface area contributed by atoms with Crippen LogP contribution in [0.4, 0.5) is 5.69 Å². The van der Waals surface area contributed by atoms with Crippen molar-refractivity contribution < 1.29 is 9.59 Å². The van der Waals surface area contributed by atoms with Crippen LogP contribution in [0.2, 0.25) is 0 Å². The number of fused-ring (bicyclic) bond motifs is 1. The second-order valence-corrected chi connectivity index (χ2v) is 8.52. The van der Waals surface area contributed by atoms with E-state index in [9.17, 15) is 9.59 Å². The van der Waals surface area contributed by atoms with Crippen LogP contribution in [0, 0.1) is 13.8 Å². The molecule has 2 amide bonds. The first kappa shape index (κ1) is 21.8. The number of carbonyl (C=O) groups excluding carboxylic acids is 2. The number of nitrogens with one attached hydrogen (secondary N) is 1. The topological polar surface area (TPSA) is 67.2 Å². The van der Waals surface area contributed by atoms with Gasteiger partial charge in [0.15, 0.2) is 0 Å². The Balaban J connectivity index is 1.56. The third-order valence-corrected chi connectivity index (χ3v) is 6.21. The molecule has 2 heterocycles. The van der Waals surface area contributed by atoms with E-state index in [0.29, 0.717) is 5.69 Å². The molecule has 0 atom stereocenters. The summed E-state index contributed by atoms with van der Waals surface area (Å²) in [6, 6.07) is 15.8. The second-order valence-electron chi connectivity index (χ2n) is 8.52. The first-order valence-corrected chi connectivity index (χ1v) is 11.2. The Morgan fingerprint density at radius 2 is 1.81 bits per heavy atom. The van der Waals surface area contributed by atoms with Crippen LogP contribution in [-0.4, -0.2) is 39.9 Å². The molecule has 0 spiro atoms. The molecular weight excluding hydrogens is 400 g/mol. The number of anilines is 1. The predicted octanol–water partition coefficient (Wildman–Crippen LogP) is 4.60. The van der Waals surface area contributed by atoms with Crippen molar-refractivity contribution in [2.75, 3.05) is 18.9 Å². The highest BCUT2D eigenvalue weighted by Crippen LogP contribution is 2.27. The number of likely N-dealkylation sites (N-methyl/N-ethyl adjacent to an activating group) is 1. The van der Waals surface area contributed by atoms with Gasteiger partial charge in [0.25, 0.3) is 5.91 Å². The third-order valence-electron chi connectivity index (χ3n) is 6.21. The van der Waals surface area contributed by atoms with Gasteiger partial charge in [-0.3, -0.25) is 9.59 Å². The Morgan fingerprint density at radius 1 is 1.03 bits per heavy atom. The van der Waals surface area contributed by atoms with Gasteiger partial charge in [0.05, 0.1) is 12.2 Å².